The van der Waals surface area contributed by atoms with Crippen LogP contribution in [-0.4, -0.2) is 24.0 Å². The molecule has 0 fully saturated rings. The second-order valence-electron chi connectivity index (χ2n) is 3.04. The molecule has 0 saturated carbocycles. The van der Waals surface area contributed by atoms with Gasteiger partial charge in [-0.3, -0.25) is 4.79 Å². The Labute approximate surface area is 94.2 Å². The van der Waals surface area contributed by atoms with Crippen molar-refractivity contribution in [3.63, 3.8) is 0 Å². The number of nitrogens with zero attached hydrogens (tertiary/aromatic N) is 1. The lowest BCUT2D eigenvalue weighted by Gasteiger charge is -1.96. The number of rotatable bonds is 7. The number of carbonyl (C=O) groups is 1. The van der Waals surface area contributed by atoms with E-state index in [2.05, 4.69) is 28.8 Å². The summed E-state index contributed by atoms with van der Waals surface area (Å²) in [5, 5.41) is 5.64. The van der Waals surface area contributed by atoms with Gasteiger partial charge < -0.3 is 15.1 Å². The Kier molecular flexibility index (Phi) is 5.01. The molecule has 16 heavy (non-hydrogen) atoms. The molecule has 86 valence electrons. The van der Waals surface area contributed by atoms with Gasteiger partial charge in [-0.15, -0.1) is 13.2 Å². The van der Waals surface area contributed by atoms with Crippen molar-refractivity contribution < 1.29 is 9.21 Å². The van der Waals surface area contributed by atoms with Crippen LogP contribution < -0.4 is 10.6 Å². The van der Waals surface area contributed by atoms with Crippen molar-refractivity contribution in [2.45, 2.75) is 6.54 Å². The number of aromatic nitrogens is 1. The summed E-state index contributed by atoms with van der Waals surface area (Å²) < 4.78 is 5.12. The Balaban J connectivity index is 2.46. The highest BCUT2D eigenvalue weighted by atomic mass is 16.3. The maximum absolute atomic E-state index is 11.4. The summed E-state index contributed by atoms with van der Waals surface area (Å²) in [5.74, 6) is 0.212. The van der Waals surface area contributed by atoms with Crippen LogP contribution in [0.5, 0.6) is 0 Å². The molecular weight excluding hydrogens is 206 g/mol. The van der Waals surface area contributed by atoms with E-state index in [9.17, 15) is 4.79 Å². The first-order valence-electron chi connectivity index (χ1n) is 4.93. The summed E-state index contributed by atoms with van der Waals surface area (Å²) in [4.78, 5) is 15.5. The minimum Gasteiger partial charge on any atom is -0.447 e. The minimum absolute atomic E-state index is 0.265. The Bertz CT molecular complexity index is 371. The van der Waals surface area contributed by atoms with Crippen LogP contribution in [0.4, 0.5) is 0 Å². The molecule has 0 saturated heterocycles. The third-order valence-electron chi connectivity index (χ3n) is 1.76. The zero-order valence-electron chi connectivity index (χ0n) is 9.03. The largest absolute Gasteiger partial charge is 0.447 e. The topological polar surface area (TPSA) is 67.2 Å². The fraction of sp³-hybridized carbons (Fsp3) is 0.273. The summed E-state index contributed by atoms with van der Waals surface area (Å²) in [6.07, 6.45) is 4.68. The standard InChI is InChI=1S/C11H15N3O2/c1-3-5-12-7-10-14-9(8-16-10)11(15)13-6-4-2/h3-4,8,12H,1-2,5-7H2,(H,13,15). The van der Waals surface area contributed by atoms with Crippen molar-refractivity contribution in [3.8, 4) is 0 Å². The van der Waals surface area contributed by atoms with E-state index < -0.39 is 0 Å². The molecule has 0 spiro atoms. The van der Waals surface area contributed by atoms with Crippen molar-refractivity contribution in [3.05, 3.63) is 43.2 Å². The maximum atomic E-state index is 11.4. The van der Waals surface area contributed by atoms with E-state index in [-0.39, 0.29) is 11.6 Å². The highest BCUT2D eigenvalue weighted by molar-refractivity contribution is 5.91. The molecule has 5 heteroatoms. The normalized spacial score (nSPS) is 9.75. The molecule has 1 amide bonds. The predicted octanol–water partition coefficient (Wildman–Crippen LogP) is 0.866. The highest BCUT2D eigenvalue weighted by Crippen LogP contribution is 2.01. The fourth-order valence-electron chi connectivity index (χ4n) is 1.03. The Morgan fingerprint density at radius 3 is 2.88 bits per heavy atom. The molecule has 0 bridgehead atoms. The monoisotopic (exact) mass is 221 g/mol. The summed E-state index contributed by atoms with van der Waals surface area (Å²) in [6, 6.07) is 0. The zero-order chi connectivity index (χ0) is 11.8. The van der Waals surface area contributed by atoms with E-state index in [1.165, 1.54) is 6.26 Å². The first kappa shape index (κ1) is 12.2. The second kappa shape index (κ2) is 6.58. The van der Waals surface area contributed by atoms with Crippen molar-refractivity contribution >= 4 is 5.91 Å². The van der Waals surface area contributed by atoms with Gasteiger partial charge in [-0.1, -0.05) is 12.2 Å². The molecule has 5 nitrogen and oxygen atoms in total. The van der Waals surface area contributed by atoms with Crippen LogP contribution in [-0.2, 0) is 6.54 Å². The number of amides is 1. The van der Waals surface area contributed by atoms with E-state index in [1.807, 2.05) is 0 Å². The minimum atomic E-state index is -0.265. The first-order chi connectivity index (χ1) is 7.77. The number of hydrogen-bond donors (Lipinski definition) is 2. The number of oxazole rings is 1. The van der Waals surface area contributed by atoms with Gasteiger partial charge in [0.1, 0.15) is 6.26 Å². The van der Waals surface area contributed by atoms with Gasteiger partial charge in [0.15, 0.2) is 5.69 Å². The summed E-state index contributed by atoms with van der Waals surface area (Å²) >= 11 is 0. The summed E-state index contributed by atoms with van der Waals surface area (Å²) in [7, 11) is 0. The van der Waals surface area contributed by atoms with Crippen LogP contribution in [0.2, 0.25) is 0 Å². The van der Waals surface area contributed by atoms with Crippen molar-refractivity contribution in [2.24, 2.45) is 0 Å². The molecule has 2 N–H and O–H groups in total. The second-order valence-corrected chi connectivity index (χ2v) is 3.04. The van der Waals surface area contributed by atoms with E-state index in [4.69, 9.17) is 4.42 Å². The third kappa shape index (κ3) is 3.70. The van der Waals surface area contributed by atoms with E-state index in [0.717, 1.165) is 0 Å². The molecule has 0 aliphatic heterocycles. The molecule has 1 rings (SSSR count). The van der Waals surface area contributed by atoms with Crippen LogP contribution in [0.1, 0.15) is 16.4 Å². The van der Waals surface area contributed by atoms with Gasteiger partial charge in [0.25, 0.3) is 5.91 Å². The molecule has 0 aromatic carbocycles. The van der Waals surface area contributed by atoms with Crippen LogP contribution in [0.15, 0.2) is 36.0 Å². The molecule has 0 unspecified atom stereocenters. The molecule has 1 heterocycles. The van der Waals surface area contributed by atoms with Crippen LogP contribution in [0, 0.1) is 0 Å². The van der Waals surface area contributed by atoms with Gasteiger partial charge in [-0.2, -0.15) is 0 Å². The molecule has 0 aliphatic carbocycles. The van der Waals surface area contributed by atoms with Crippen LogP contribution >= 0.6 is 0 Å². The molecule has 0 aliphatic rings. The van der Waals surface area contributed by atoms with Crippen LogP contribution in [0.25, 0.3) is 0 Å². The average molecular weight is 221 g/mol. The SMILES string of the molecule is C=CCNCc1nc(C(=O)NCC=C)co1. The molecular formula is C11H15N3O2. The van der Waals surface area contributed by atoms with E-state index in [0.29, 0.717) is 25.5 Å². The number of hydrogen-bond acceptors (Lipinski definition) is 4. The van der Waals surface area contributed by atoms with Crippen molar-refractivity contribution in [1.82, 2.24) is 15.6 Å². The first-order valence-corrected chi connectivity index (χ1v) is 4.93. The average Bonchev–Trinajstić information content (AvgIpc) is 2.75. The Hall–Kier alpha value is -1.88. The lowest BCUT2D eigenvalue weighted by atomic mass is 10.4. The van der Waals surface area contributed by atoms with Gasteiger partial charge in [-0.25, -0.2) is 4.98 Å². The molecule has 1 aromatic rings. The molecule has 1 aromatic heterocycles. The van der Waals surface area contributed by atoms with Gasteiger partial charge in [-0.05, 0) is 0 Å². The smallest absolute Gasteiger partial charge is 0.273 e. The van der Waals surface area contributed by atoms with E-state index >= 15 is 0 Å². The third-order valence-corrected chi connectivity index (χ3v) is 1.76. The summed E-state index contributed by atoms with van der Waals surface area (Å²) in [5.41, 5.74) is 0.275. The van der Waals surface area contributed by atoms with Gasteiger partial charge >= 0.3 is 0 Å². The van der Waals surface area contributed by atoms with Gasteiger partial charge in [0, 0.05) is 13.1 Å². The maximum Gasteiger partial charge on any atom is 0.273 e. The predicted molar refractivity (Wildman–Crippen MR) is 60.9 cm³/mol. The number of nitrogens with one attached hydrogen (secondary N) is 2. The van der Waals surface area contributed by atoms with Crippen molar-refractivity contribution in [2.75, 3.05) is 13.1 Å². The Morgan fingerprint density at radius 2 is 2.19 bits per heavy atom. The van der Waals surface area contributed by atoms with E-state index in [1.54, 1.807) is 12.2 Å². The summed E-state index contributed by atoms with van der Waals surface area (Å²) in [6.45, 7) is 8.63. The molecule has 0 atom stereocenters. The van der Waals surface area contributed by atoms with Gasteiger partial charge in [0.05, 0.1) is 6.54 Å². The van der Waals surface area contributed by atoms with Gasteiger partial charge in [0.2, 0.25) is 5.89 Å². The lowest BCUT2D eigenvalue weighted by Crippen LogP contribution is -2.23. The Morgan fingerprint density at radius 1 is 1.44 bits per heavy atom. The van der Waals surface area contributed by atoms with Crippen molar-refractivity contribution in [1.29, 1.82) is 0 Å². The quantitative estimate of drug-likeness (QED) is 0.529. The lowest BCUT2D eigenvalue weighted by molar-refractivity contribution is 0.0953. The fourth-order valence-corrected chi connectivity index (χ4v) is 1.03. The van der Waals surface area contributed by atoms with Crippen LogP contribution in [0.3, 0.4) is 0 Å². The highest BCUT2D eigenvalue weighted by Gasteiger charge is 2.10. The zero-order valence-corrected chi connectivity index (χ0v) is 9.03. The molecule has 0 radical (unpaired) electrons. The number of carbonyl (C=O) groups excluding carboxylic acids is 1.